The van der Waals surface area contributed by atoms with Crippen LogP contribution in [-0.4, -0.2) is 42.8 Å². The first kappa shape index (κ1) is 19.6. The molecule has 0 saturated carbocycles. The van der Waals surface area contributed by atoms with Crippen molar-refractivity contribution in [2.45, 2.75) is 77.9 Å². The van der Waals surface area contributed by atoms with Crippen LogP contribution < -0.4 is 5.32 Å². The highest BCUT2D eigenvalue weighted by Gasteiger charge is 2.41. The van der Waals surface area contributed by atoms with Gasteiger partial charge in [0.05, 0.1) is 6.10 Å². The highest BCUT2D eigenvalue weighted by atomic mass is 32.1. The monoisotopic (exact) mass is 369 g/mol. The summed E-state index contributed by atoms with van der Waals surface area (Å²) < 4.78 is 6.59. The van der Waals surface area contributed by atoms with Gasteiger partial charge in [0, 0.05) is 37.1 Å². The fourth-order valence-electron chi connectivity index (χ4n) is 2.73. The molecule has 1 aliphatic heterocycles. The molecule has 2 atom stereocenters. The van der Waals surface area contributed by atoms with Gasteiger partial charge in [-0.1, -0.05) is 20.8 Å². The van der Waals surface area contributed by atoms with Crippen molar-refractivity contribution in [2.24, 2.45) is 0 Å². The molecule has 0 aromatic carbocycles. The normalized spacial score (nSPS) is 22.8. The first-order valence-corrected chi connectivity index (χ1v) is 12.3. The highest BCUT2D eigenvalue weighted by molar-refractivity contribution is 7.15. The predicted molar refractivity (Wildman–Crippen MR) is 103 cm³/mol. The van der Waals surface area contributed by atoms with Crippen LogP contribution in [0.15, 0.2) is 6.20 Å². The van der Waals surface area contributed by atoms with Gasteiger partial charge < -0.3 is 9.74 Å². The van der Waals surface area contributed by atoms with Gasteiger partial charge in [-0.2, -0.15) is 0 Å². The van der Waals surface area contributed by atoms with Gasteiger partial charge in [-0.3, -0.25) is 9.69 Å². The first-order valence-electron chi connectivity index (χ1n) is 8.62. The van der Waals surface area contributed by atoms with Gasteiger partial charge in [0.2, 0.25) is 5.91 Å². The average molecular weight is 370 g/mol. The Labute approximate surface area is 150 Å². The van der Waals surface area contributed by atoms with Crippen molar-refractivity contribution < 1.29 is 9.22 Å². The molecular formula is C17H31N3O2SSi. The number of amides is 1. The molecule has 1 aromatic rings. The van der Waals surface area contributed by atoms with E-state index in [1.54, 1.807) is 11.3 Å². The lowest BCUT2D eigenvalue weighted by Crippen LogP contribution is -2.44. The van der Waals surface area contributed by atoms with Gasteiger partial charge in [-0.25, -0.2) is 4.98 Å². The highest BCUT2D eigenvalue weighted by Crippen LogP contribution is 2.39. The quantitative estimate of drug-likeness (QED) is 0.794. The largest absolute Gasteiger partial charge is 0.413 e. The third-order valence-electron chi connectivity index (χ3n) is 5.13. The maximum atomic E-state index is 11.1. The van der Waals surface area contributed by atoms with Gasteiger partial charge >= 0.3 is 0 Å². The number of carbonyl (C=O) groups is 1. The number of hydrogen-bond donors (Lipinski definition) is 1. The number of anilines is 1. The predicted octanol–water partition coefficient (Wildman–Crippen LogP) is 4.09. The van der Waals surface area contributed by atoms with Gasteiger partial charge in [0.1, 0.15) is 0 Å². The number of hydrogen-bond acceptors (Lipinski definition) is 5. The van der Waals surface area contributed by atoms with E-state index in [1.807, 2.05) is 6.20 Å². The van der Waals surface area contributed by atoms with Crippen molar-refractivity contribution in [3.8, 4) is 0 Å². The van der Waals surface area contributed by atoms with E-state index < -0.39 is 8.32 Å². The Balaban J connectivity index is 1.94. The average Bonchev–Trinajstić information content (AvgIpc) is 2.95. The third-order valence-corrected chi connectivity index (χ3v) is 10.6. The van der Waals surface area contributed by atoms with Crippen molar-refractivity contribution >= 4 is 30.7 Å². The molecule has 0 spiro atoms. The van der Waals surface area contributed by atoms with Crippen LogP contribution >= 0.6 is 11.3 Å². The summed E-state index contributed by atoms with van der Waals surface area (Å²) in [5.74, 6) is -0.0757. The van der Waals surface area contributed by atoms with Gasteiger partial charge in [-0.15, -0.1) is 11.3 Å². The van der Waals surface area contributed by atoms with Crippen molar-refractivity contribution in [3.05, 3.63) is 11.1 Å². The summed E-state index contributed by atoms with van der Waals surface area (Å²) in [6.45, 7) is 17.1. The van der Waals surface area contributed by atoms with Crippen LogP contribution in [0.2, 0.25) is 18.1 Å². The molecule has 0 radical (unpaired) electrons. The Bertz CT molecular complexity index is 583. The van der Waals surface area contributed by atoms with E-state index in [4.69, 9.17) is 4.43 Å². The summed E-state index contributed by atoms with van der Waals surface area (Å²) >= 11 is 1.55. The Kier molecular flexibility index (Phi) is 5.89. The second kappa shape index (κ2) is 7.23. The van der Waals surface area contributed by atoms with Gasteiger partial charge in [0.15, 0.2) is 13.4 Å². The molecular weight excluding hydrogens is 338 g/mol. The summed E-state index contributed by atoms with van der Waals surface area (Å²) in [4.78, 5) is 19.0. The minimum Gasteiger partial charge on any atom is -0.413 e. The summed E-state index contributed by atoms with van der Waals surface area (Å²) in [5.41, 5.74) is 0. The first-order chi connectivity index (χ1) is 11.0. The molecule has 1 N–H and O–H groups in total. The van der Waals surface area contributed by atoms with Crippen LogP contribution in [0.25, 0.3) is 0 Å². The van der Waals surface area contributed by atoms with Crippen LogP contribution in [0.1, 0.15) is 45.9 Å². The molecule has 0 unspecified atom stereocenters. The van der Waals surface area contributed by atoms with E-state index in [2.05, 4.69) is 56.0 Å². The molecule has 7 heteroatoms. The molecule has 1 aliphatic rings. The summed E-state index contributed by atoms with van der Waals surface area (Å²) in [7, 11) is -1.72. The molecule has 5 nitrogen and oxygen atoms in total. The second-order valence-corrected chi connectivity index (χ2v) is 14.2. The number of rotatable bonds is 5. The van der Waals surface area contributed by atoms with Crippen LogP contribution in [0, 0.1) is 0 Å². The summed E-state index contributed by atoms with van der Waals surface area (Å²) in [6.07, 6.45) is 3.28. The topological polar surface area (TPSA) is 54.5 Å². The zero-order valence-corrected chi connectivity index (χ0v) is 17.8. The smallest absolute Gasteiger partial charge is 0.223 e. The molecule has 1 saturated heterocycles. The summed E-state index contributed by atoms with van der Waals surface area (Å²) in [6, 6.07) is 0.506. The van der Waals surface area contributed by atoms with Crippen LogP contribution in [0.3, 0.4) is 0 Å². The number of carbonyl (C=O) groups excluding carboxylic acids is 1. The van der Waals surface area contributed by atoms with E-state index in [9.17, 15) is 4.79 Å². The lowest BCUT2D eigenvalue weighted by atomic mass is 10.2. The van der Waals surface area contributed by atoms with Crippen molar-refractivity contribution in [3.63, 3.8) is 0 Å². The number of aromatic nitrogens is 1. The molecule has 24 heavy (non-hydrogen) atoms. The molecule has 1 amide bonds. The molecule has 0 bridgehead atoms. The van der Waals surface area contributed by atoms with Crippen LogP contribution in [0.5, 0.6) is 0 Å². The molecule has 0 aliphatic carbocycles. The van der Waals surface area contributed by atoms with Crippen molar-refractivity contribution in [2.75, 3.05) is 11.9 Å². The van der Waals surface area contributed by atoms with Crippen LogP contribution in [0.4, 0.5) is 5.13 Å². The zero-order valence-electron chi connectivity index (χ0n) is 16.0. The Morgan fingerprint density at radius 2 is 2.17 bits per heavy atom. The maximum Gasteiger partial charge on any atom is 0.223 e. The van der Waals surface area contributed by atoms with E-state index in [1.165, 1.54) is 11.8 Å². The second-order valence-electron chi connectivity index (χ2n) is 8.33. The SMILES string of the molecule is CC(=O)Nc1ncc(CN2C[C@H](O[Si](C)(C)C(C)(C)C)C[C@@H]2C)s1. The van der Waals surface area contributed by atoms with E-state index >= 15 is 0 Å². The number of thiazole rings is 1. The van der Waals surface area contributed by atoms with E-state index in [0.29, 0.717) is 17.3 Å². The lowest BCUT2D eigenvalue weighted by Gasteiger charge is -2.38. The summed E-state index contributed by atoms with van der Waals surface area (Å²) in [5, 5.41) is 3.67. The molecule has 1 fully saturated rings. The molecule has 136 valence electrons. The van der Waals surface area contributed by atoms with Gasteiger partial charge in [-0.05, 0) is 31.5 Å². The van der Waals surface area contributed by atoms with Crippen molar-refractivity contribution in [1.29, 1.82) is 0 Å². The fraction of sp³-hybridized carbons (Fsp3) is 0.765. The fourth-order valence-corrected chi connectivity index (χ4v) is 4.98. The standard InChI is InChI=1S/C17H31N3O2SSi/c1-12-8-14(22-24(6,7)17(3,4)5)10-20(12)11-15-9-18-16(23-15)19-13(2)21/h9,12,14H,8,10-11H2,1-7H3,(H,18,19,21)/t12-,14+/m0/s1. The number of nitrogens with one attached hydrogen (secondary N) is 1. The minimum absolute atomic E-state index is 0.0757. The number of nitrogens with zero attached hydrogens (tertiary/aromatic N) is 2. The minimum atomic E-state index is -1.72. The van der Waals surface area contributed by atoms with Crippen LogP contribution in [-0.2, 0) is 15.8 Å². The van der Waals surface area contributed by atoms with Gasteiger partial charge in [0.25, 0.3) is 0 Å². The Hall–Kier alpha value is -0.763. The number of likely N-dealkylation sites (tertiary alicyclic amines) is 1. The Morgan fingerprint density at radius 3 is 2.75 bits per heavy atom. The van der Waals surface area contributed by atoms with E-state index in [-0.39, 0.29) is 10.9 Å². The Morgan fingerprint density at radius 1 is 1.50 bits per heavy atom. The maximum absolute atomic E-state index is 11.1. The lowest BCUT2D eigenvalue weighted by molar-refractivity contribution is -0.114. The third kappa shape index (κ3) is 4.88. The molecule has 2 rings (SSSR count). The van der Waals surface area contributed by atoms with Crippen molar-refractivity contribution in [1.82, 2.24) is 9.88 Å². The molecule has 1 aromatic heterocycles. The van der Waals surface area contributed by atoms with E-state index in [0.717, 1.165) is 19.5 Å². The molecule has 2 heterocycles. The zero-order chi connectivity index (χ0) is 18.1.